The molecule has 0 saturated heterocycles. The van der Waals surface area contributed by atoms with Gasteiger partial charge in [0.05, 0.1) is 19.1 Å². The van der Waals surface area contributed by atoms with Crippen LogP contribution in [0, 0.1) is 5.92 Å². The number of methoxy groups -OCH3 is 1. The predicted octanol–water partition coefficient (Wildman–Crippen LogP) is 0.126. The van der Waals surface area contributed by atoms with Crippen LogP contribution in [0.3, 0.4) is 0 Å². The SMILES string of the molecule is COC(=O)CC(NC(=O)C(C)NC(=O)C(NC(C)=O)C(C)C)C(=O)COC(=O)c1ccccc1. The maximum Gasteiger partial charge on any atom is 0.338 e. The van der Waals surface area contributed by atoms with E-state index in [0.29, 0.717) is 0 Å². The number of benzene rings is 1. The highest BCUT2D eigenvalue weighted by atomic mass is 16.5. The quantitative estimate of drug-likeness (QED) is 0.359. The van der Waals surface area contributed by atoms with E-state index >= 15 is 0 Å². The van der Waals surface area contributed by atoms with Crippen LogP contribution in [-0.2, 0) is 33.4 Å². The summed E-state index contributed by atoms with van der Waals surface area (Å²) in [6.07, 6.45) is -0.495. The summed E-state index contributed by atoms with van der Waals surface area (Å²) in [5, 5.41) is 7.36. The third-order valence-electron chi connectivity index (χ3n) is 4.72. The third-order valence-corrected chi connectivity index (χ3v) is 4.72. The zero-order valence-electron chi connectivity index (χ0n) is 19.9. The van der Waals surface area contributed by atoms with E-state index in [1.54, 1.807) is 32.0 Å². The number of carbonyl (C=O) groups excluding carboxylic acids is 6. The van der Waals surface area contributed by atoms with E-state index in [-0.39, 0.29) is 11.5 Å². The summed E-state index contributed by atoms with van der Waals surface area (Å²) in [6.45, 7) is 5.42. The lowest BCUT2D eigenvalue weighted by Crippen LogP contribution is -2.56. The number of hydrogen-bond acceptors (Lipinski definition) is 8. The summed E-state index contributed by atoms with van der Waals surface area (Å²) in [6, 6.07) is 4.68. The van der Waals surface area contributed by atoms with Crippen LogP contribution >= 0.6 is 0 Å². The minimum atomic E-state index is -1.35. The van der Waals surface area contributed by atoms with Crippen molar-refractivity contribution < 1.29 is 38.2 Å². The molecule has 0 saturated carbocycles. The molecule has 1 rings (SSSR count). The molecule has 0 bridgehead atoms. The van der Waals surface area contributed by atoms with Gasteiger partial charge in [-0.1, -0.05) is 32.0 Å². The predicted molar refractivity (Wildman–Crippen MR) is 120 cm³/mol. The standard InChI is InChI=1S/C23H31N3O8/c1-13(2)20(25-15(4)27)22(31)24-14(3)21(30)26-17(11-19(29)33-5)18(28)12-34-23(32)16-9-7-6-8-10-16/h6-10,13-14,17,20H,11-12H2,1-5H3,(H,24,31)(H,25,27)(H,26,30). The van der Waals surface area contributed by atoms with Crippen molar-refractivity contribution in [3.63, 3.8) is 0 Å². The Morgan fingerprint density at radius 2 is 1.50 bits per heavy atom. The molecular formula is C23H31N3O8. The molecule has 1 aromatic rings. The fourth-order valence-electron chi connectivity index (χ4n) is 2.81. The van der Waals surface area contributed by atoms with E-state index in [0.717, 1.165) is 7.11 Å². The number of Topliss-reactive ketones (excluding diaryl/α,β-unsaturated/α-hetero) is 1. The topological polar surface area (TPSA) is 157 Å². The van der Waals surface area contributed by atoms with Crippen molar-refractivity contribution in [2.45, 2.75) is 52.2 Å². The lowest BCUT2D eigenvalue weighted by molar-refractivity contribution is -0.144. The number of amides is 3. The van der Waals surface area contributed by atoms with E-state index < -0.39 is 66.6 Å². The number of nitrogens with one attached hydrogen (secondary N) is 3. The first-order valence-corrected chi connectivity index (χ1v) is 10.7. The molecule has 0 fully saturated rings. The summed E-state index contributed by atoms with van der Waals surface area (Å²) >= 11 is 0. The Labute approximate surface area is 197 Å². The van der Waals surface area contributed by atoms with Crippen molar-refractivity contribution >= 4 is 35.4 Å². The van der Waals surface area contributed by atoms with Crippen molar-refractivity contribution in [1.29, 1.82) is 0 Å². The minimum absolute atomic E-state index is 0.235. The number of hydrogen-bond donors (Lipinski definition) is 3. The van der Waals surface area contributed by atoms with Crippen LogP contribution in [0.2, 0.25) is 0 Å². The number of esters is 2. The molecule has 186 valence electrons. The number of ketones is 1. The molecule has 3 unspecified atom stereocenters. The average molecular weight is 478 g/mol. The van der Waals surface area contributed by atoms with Crippen LogP contribution in [0.4, 0.5) is 0 Å². The van der Waals surface area contributed by atoms with E-state index in [2.05, 4.69) is 20.7 Å². The largest absolute Gasteiger partial charge is 0.469 e. The van der Waals surface area contributed by atoms with Crippen LogP contribution < -0.4 is 16.0 Å². The second kappa shape index (κ2) is 13.7. The Morgan fingerprint density at radius 1 is 0.882 bits per heavy atom. The van der Waals surface area contributed by atoms with Gasteiger partial charge >= 0.3 is 11.9 Å². The minimum Gasteiger partial charge on any atom is -0.469 e. The van der Waals surface area contributed by atoms with Crippen molar-refractivity contribution in [3.05, 3.63) is 35.9 Å². The number of rotatable bonds is 12. The Balaban J connectivity index is 2.80. The molecule has 0 spiro atoms. The van der Waals surface area contributed by atoms with Gasteiger partial charge in [-0.3, -0.25) is 24.0 Å². The van der Waals surface area contributed by atoms with Crippen molar-refractivity contribution in [1.82, 2.24) is 16.0 Å². The molecule has 0 heterocycles. The Hall–Kier alpha value is -3.76. The van der Waals surface area contributed by atoms with Gasteiger partial charge < -0.3 is 25.4 Å². The van der Waals surface area contributed by atoms with Gasteiger partial charge in [-0.05, 0) is 25.0 Å². The lowest BCUT2D eigenvalue weighted by atomic mass is 10.0. The maximum absolute atomic E-state index is 12.6. The molecule has 0 radical (unpaired) electrons. The molecule has 0 aliphatic heterocycles. The van der Waals surface area contributed by atoms with Crippen LogP contribution in [0.25, 0.3) is 0 Å². The van der Waals surface area contributed by atoms with E-state index in [4.69, 9.17) is 4.74 Å². The van der Waals surface area contributed by atoms with Gasteiger partial charge in [-0.15, -0.1) is 0 Å². The molecule has 0 aliphatic rings. The first-order chi connectivity index (χ1) is 16.0. The van der Waals surface area contributed by atoms with Crippen LogP contribution in [0.5, 0.6) is 0 Å². The first-order valence-electron chi connectivity index (χ1n) is 10.7. The molecule has 11 heteroatoms. The van der Waals surface area contributed by atoms with E-state index in [1.807, 2.05) is 0 Å². The van der Waals surface area contributed by atoms with Gasteiger partial charge in [-0.25, -0.2) is 4.79 Å². The van der Waals surface area contributed by atoms with Gasteiger partial charge in [0.25, 0.3) is 0 Å². The van der Waals surface area contributed by atoms with E-state index in [9.17, 15) is 28.8 Å². The monoisotopic (exact) mass is 477 g/mol. The molecule has 3 atom stereocenters. The van der Waals surface area contributed by atoms with Crippen molar-refractivity contribution in [3.8, 4) is 0 Å². The normalized spacial score (nSPS) is 13.1. The van der Waals surface area contributed by atoms with Gasteiger partial charge in [0, 0.05) is 6.92 Å². The first kappa shape index (κ1) is 28.3. The molecule has 3 N–H and O–H groups in total. The average Bonchev–Trinajstić information content (AvgIpc) is 2.80. The number of ether oxygens (including phenoxy) is 2. The van der Waals surface area contributed by atoms with Crippen molar-refractivity contribution in [2.24, 2.45) is 5.92 Å². The summed E-state index contributed by atoms with van der Waals surface area (Å²) in [5.74, 6) is -4.23. The van der Waals surface area contributed by atoms with Gasteiger partial charge in [0.1, 0.15) is 18.1 Å². The maximum atomic E-state index is 12.6. The lowest BCUT2D eigenvalue weighted by Gasteiger charge is -2.24. The summed E-state index contributed by atoms with van der Waals surface area (Å²) in [7, 11) is 1.12. The van der Waals surface area contributed by atoms with Gasteiger partial charge in [0.2, 0.25) is 17.7 Å². The highest BCUT2D eigenvalue weighted by molar-refractivity contribution is 5.97. The summed E-state index contributed by atoms with van der Waals surface area (Å²) in [4.78, 5) is 72.8. The van der Waals surface area contributed by atoms with Crippen LogP contribution in [-0.4, -0.2) is 67.3 Å². The zero-order chi connectivity index (χ0) is 25.8. The van der Waals surface area contributed by atoms with Gasteiger partial charge in [-0.2, -0.15) is 0 Å². The highest BCUT2D eigenvalue weighted by Gasteiger charge is 2.30. The molecular weight excluding hydrogens is 446 g/mol. The number of carbonyl (C=O) groups is 6. The molecule has 34 heavy (non-hydrogen) atoms. The second-order valence-corrected chi connectivity index (χ2v) is 7.90. The van der Waals surface area contributed by atoms with Crippen LogP contribution in [0.15, 0.2) is 30.3 Å². The second-order valence-electron chi connectivity index (χ2n) is 7.90. The molecule has 1 aromatic carbocycles. The summed E-state index contributed by atoms with van der Waals surface area (Å²) in [5.41, 5.74) is 0.235. The van der Waals surface area contributed by atoms with Crippen molar-refractivity contribution in [2.75, 3.05) is 13.7 Å². The van der Waals surface area contributed by atoms with Crippen LogP contribution in [0.1, 0.15) is 44.5 Å². The molecule has 11 nitrogen and oxygen atoms in total. The Morgan fingerprint density at radius 3 is 2.03 bits per heavy atom. The smallest absolute Gasteiger partial charge is 0.338 e. The van der Waals surface area contributed by atoms with Gasteiger partial charge in [0.15, 0.2) is 12.4 Å². The molecule has 3 amide bonds. The fraction of sp³-hybridized carbons (Fsp3) is 0.478. The van der Waals surface area contributed by atoms with E-state index in [1.165, 1.54) is 26.0 Å². The fourth-order valence-corrected chi connectivity index (χ4v) is 2.81. The molecule has 0 aromatic heterocycles. The third kappa shape index (κ3) is 9.39. The summed E-state index contributed by atoms with van der Waals surface area (Å²) < 4.78 is 9.55. The Bertz CT molecular complexity index is 901. The zero-order valence-corrected chi connectivity index (χ0v) is 19.9. The highest BCUT2D eigenvalue weighted by Crippen LogP contribution is 2.05. The molecule has 0 aliphatic carbocycles. The Kier molecular flexibility index (Phi) is 11.4.